The zero-order valence-electron chi connectivity index (χ0n) is 11.6. The summed E-state index contributed by atoms with van der Waals surface area (Å²) in [5.74, 6) is -0.917. The molecular weight excluding hydrogens is 309 g/mol. The lowest BCUT2D eigenvalue weighted by Crippen LogP contribution is -2.11. The highest BCUT2D eigenvalue weighted by molar-refractivity contribution is 6.05. The maximum atomic E-state index is 12.6. The molecule has 4 nitrogen and oxygen atoms in total. The van der Waals surface area contributed by atoms with Gasteiger partial charge in [-0.05, 0) is 35.4 Å². The molecule has 0 radical (unpaired) electrons. The SMILES string of the molecule is NC(=O)c1oc2ccc(-c3ccc(C(F)(F)F)cc3)cc2c1N. The highest BCUT2D eigenvalue weighted by Crippen LogP contribution is 2.34. The third kappa shape index (κ3) is 2.61. The van der Waals surface area contributed by atoms with E-state index < -0.39 is 17.6 Å². The number of carbonyl (C=O) groups is 1. The number of hydrogen-bond donors (Lipinski definition) is 2. The summed E-state index contributed by atoms with van der Waals surface area (Å²) in [5, 5.41) is 0.483. The van der Waals surface area contributed by atoms with Crippen molar-refractivity contribution in [2.24, 2.45) is 5.73 Å². The van der Waals surface area contributed by atoms with Gasteiger partial charge in [-0.3, -0.25) is 4.79 Å². The summed E-state index contributed by atoms with van der Waals surface area (Å²) in [5.41, 5.74) is 12.0. The number of primary amides is 1. The van der Waals surface area contributed by atoms with E-state index in [0.29, 0.717) is 22.1 Å². The molecule has 0 unspecified atom stereocenters. The van der Waals surface area contributed by atoms with Gasteiger partial charge >= 0.3 is 6.18 Å². The Morgan fingerprint density at radius 1 is 1.00 bits per heavy atom. The smallest absolute Gasteiger partial charge is 0.416 e. The van der Waals surface area contributed by atoms with Crippen LogP contribution in [-0.2, 0) is 6.18 Å². The topological polar surface area (TPSA) is 82.2 Å². The van der Waals surface area contributed by atoms with E-state index in [1.807, 2.05) is 0 Å². The van der Waals surface area contributed by atoms with Gasteiger partial charge in [0.25, 0.3) is 5.91 Å². The van der Waals surface area contributed by atoms with Crippen molar-refractivity contribution in [2.75, 3.05) is 5.73 Å². The molecule has 0 atom stereocenters. The Bertz CT molecular complexity index is 896. The first-order chi connectivity index (χ1) is 10.8. The summed E-state index contributed by atoms with van der Waals surface area (Å²) in [6.45, 7) is 0. The van der Waals surface area contributed by atoms with E-state index in [9.17, 15) is 18.0 Å². The molecule has 7 heteroatoms. The Morgan fingerprint density at radius 3 is 2.17 bits per heavy atom. The molecule has 0 aliphatic heterocycles. The van der Waals surface area contributed by atoms with Crippen LogP contribution in [0.15, 0.2) is 46.9 Å². The number of alkyl halides is 3. The number of nitrogen functional groups attached to an aromatic ring is 1. The number of anilines is 1. The van der Waals surface area contributed by atoms with Crippen molar-refractivity contribution in [2.45, 2.75) is 6.18 Å². The molecular formula is C16H11F3N2O2. The fourth-order valence-corrected chi connectivity index (χ4v) is 2.33. The number of halogens is 3. The molecule has 3 rings (SSSR count). The first kappa shape index (κ1) is 15.0. The van der Waals surface area contributed by atoms with Crippen molar-refractivity contribution in [3.8, 4) is 11.1 Å². The van der Waals surface area contributed by atoms with Gasteiger partial charge in [-0.2, -0.15) is 13.2 Å². The summed E-state index contributed by atoms with van der Waals surface area (Å²) in [7, 11) is 0. The molecule has 0 bridgehead atoms. The average Bonchev–Trinajstić information content (AvgIpc) is 2.83. The number of amides is 1. The largest absolute Gasteiger partial charge is 0.449 e. The molecule has 0 spiro atoms. The van der Waals surface area contributed by atoms with E-state index in [0.717, 1.165) is 12.1 Å². The predicted molar refractivity (Wildman–Crippen MR) is 79.6 cm³/mol. The van der Waals surface area contributed by atoms with E-state index >= 15 is 0 Å². The Kier molecular flexibility index (Phi) is 3.28. The van der Waals surface area contributed by atoms with Crippen LogP contribution in [0, 0.1) is 0 Å². The van der Waals surface area contributed by atoms with E-state index in [1.54, 1.807) is 18.2 Å². The van der Waals surface area contributed by atoms with Crippen molar-refractivity contribution in [1.29, 1.82) is 0 Å². The van der Waals surface area contributed by atoms with Gasteiger partial charge in [0.05, 0.1) is 11.3 Å². The van der Waals surface area contributed by atoms with Crippen LogP contribution in [0.1, 0.15) is 16.1 Å². The fraction of sp³-hybridized carbons (Fsp3) is 0.0625. The van der Waals surface area contributed by atoms with Crippen LogP contribution in [0.5, 0.6) is 0 Å². The highest BCUT2D eigenvalue weighted by Gasteiger charge is 2.30. The predicted octanol–water partition coefficient (Wildman–Crippen LogP) is 3.80. The van der Waals surface area contributed by atoms with E-state index in [2.05, 4.69) is 0 Å². The average molecular weight is 320 g/mol. The standard InChI is InChI=1S/C16H11F3N2O2/c17-16(18,19)10-4-1-8(2-5-10)9-3-6-12-11(7-9)13(20)14(23-12)15(21)22/h1-7H,20H2,(H2,21,22). The Labute approximate surface area is 128 Å². The maximum absolute atomic E-state index is 12.6. The fourth-order valence-electron chi connectivity index (χ4n) is 2.33. The molecule has 23 heavy (non-hydrogen) atoms. The van der Waals surface area contributed by atoms with Gasteiger partial charge in [-0.15, -0.1) is 0 Å². The van der Waals surface area contributed by atoms with Crippen LogP contribution in [0.25, 0.3) is 22.1 Å². The number of furan rings is 1. The maximum Gasteiger partial charge on any atom is 0.416 e. The number of rotatable bonds is 2. The molecule has 3 aromatic rings. The van der Waals surface area contributed by atoms with Crippen LogP contribution < -0.4 is 11.5 Å². The second-order valence-electron chi connectivity index (χ2n) is 5.00. The van der Waals surface area contributed by atoms with E-state index in [4.69, 9.17) is 15.9 Å². The van der Waals surface area contributed by atoms with Gasteiger partial charge in [-0.25, -0.2) is 0 Å². The van der Waals surface area contributed by atoms with Gasteiger partial charge in [0.2, 0.25) is 5.76 Å². The monoisotopic (exact) mass is 320 g/mol. The number of hydrogen-bond acceptors (Lipinski definition) is 3. The number of nitrogens with two attached hydrogens (primary N) is 2. The minimum Gasteiger partial charge on any atom is -0.449 e. The lowest BCUT2D eigenvalue weighted by Gasteiger charge is -2.08. The van der Waals surface area contributed by atoms with E-state index in [-0.39, 0.29) is 11.4 Å². The normalized spacial score (nSPS) is 11.8. The van der Waals surface area contributed by atoms with Crippen LogP contribution in [0.4, 0.5) is 18.9 Å². The van der Waals surface area contributed by atoms with Crippen molar-refractivity contribution in [3.63, 3.8) is 0 Å². The second-order valence-corrected chi connectivity index (χ2v) is 5.00. The van der Waals surface area contributed by atoms with Crippen LogP contribution in [-0.4, -0.2) is 5.91 Å². The van der Waals surface area contributed by atoms with Gasteiger partial charge in [0, 0.05) is 5.39 Å². The number of fused-ring (bicyclic) bond motifs is 1. The molecule has 0 fully saturated rings. The van der Waals surface area contributed by atoms with Gasteiger partial charge < -0.3 is 15.9 Å². The Balaban J connectivity index is 2.07. The van der Waals surface area contributed by atoms with Crippen molar-refractivity contribution in [1.82, 2.24) is 0 Å². The molecule has 118 valence electrons. The van der Waals surface area contributed by atoms with E-state index in [1.165, 1.54) is 12.1 Å². The summed E-state index contributed by atoms with van der Waals surface area (Å²) in [4.78, 5) is 11.2. The van der Waals surface area contributed by atoms with Crippen molar-refractivity contribution in [3.05, 3.63) is 53.8 Å². The minimum absolute atomic E-state index is 0.112. The van der Waals surface area contributed by atoms with Crippen molar-refractivity contribution < 1.29 is 22.4 Å². The van der Waals surface area contributed by atoms with Gasteiger partial charge in [0.1, 0.15) is 5.58 Å². The third-order valence-corrected chi connectivity index (χ3v) is 3.50. The zero-order valence-corrected chi connectivity index (χ0v) is 11.6. The Morgan fingerprint density at radius 2 is 1.61 bits per heavy atom. The van der Waals surface area contributed by atoms with Gasteiger partial charge in [0.15, 0.2) is 0 Å². The highest BCUT2D eigenvalue weighted by atomic mass is 19.4. The first-order valence-electron chi connectivity index (χ1n) is 6.57. The molecule has 0 saturated carbocycles. The molecule has 1 heterocycles. The number of benzene rings is 2. The molecule has 0 aliphatic rings. The summed E-state index contributed by atoms with van der Waals surface area (Å²) < 4.78 is 43.0. The Hall–Kier alpha value is -2.96. The molecule has 0 saturated heterocycles. The first-order valence-corrected chi connectivity index (χ1v) is 6.57. The third-order valence-electron chi connectivity index (χ3n) is 3.50. The lowest BCUT2D eigenvalue weighted by atomic mass is 10.0. The van der Waals surface area contributed by atoms with Crippen LogP contribution >= 0.6 is 0 Å². The minimum atomic E-state index is -4.38. The van der Waals surface area contributed by atoms with Crippen LogP contribution in [0.2, 0.25) is 0 Å². The second kappa shape index (κ2) is 5.05. The molecule has 4 N–H and O–H groups in total. The summed E-state index contributed by atoms with van der Waals surface area (Å²) in [6.07, 6.45) is -4.38. The number of carbonyl (C=O) groups excluding carboxylic acids is 1. The molecule has 1 aromatic heterocycles. The summed E-state index contributed by atoms with van der Waals surface area (Å²) in [6, 6.07) is 9.65. The lowest BCUT2D eigenvalue weighted by molar-refractivity contribution is -0.137. The van der Waals surface area contributed by atoms with Gasteiger partial charge in [-0.1, -0.05) is 18.2 Å². The summed E-state index contributed by atoms with van der Waals surface area (Å²) >= 11 is 0. The van der Waals surface area contributed by atoms with Crippen molar-refractivity contribution >= 4 is 22.6 Å². The quantitative estimate of drug-likeness (QED) is 0.753. The molecule has 2 aromatic carbocycles. The molecule has 0 aliphatic carbocycles. The van der Waals surface area contributed by atoms with Crippen LogP contribution in [0.3, 0.4) is 0 Å². The molecule has 1 amide bonds. The zero-order chi connectivity index (χ0) is 16.8.